The standard InChI is InChI=1S/C32H35F4N5O7/c33-20-7-3-18(4-8-20)30(46)41-10-9-39-16-23(41)29(45)37-13-25-28(44)27(43)24(48-25)12-26(42)38-21-11-22(31(39)47)40(15-21)14-17-1-5-19(6-2-17)32(34,35)36/h1-8,21-25,27-28,43-44H,9-16H2,(H,37,45)(H,38,42)/t21-,22-,23-,24-,25+,27-,28+/m0/s1. The van der Waals surface area contributed by atoms with Gasteiger partial charge in [-0.1, -0.05) is 12.1 Å². The van der Waals surface area contributed by atoms with Gasteiger partial charge in [0.15, 0.2) is 0 Å². The number of aliphatic hydroxyl groups is 2. The van der Waals surface area contributed by atoms with Crippen LogP contribution in [0.3, 0.4) is 0 Å². The Balaban J connectivity index is 1.29. The van der Waals surface area contributed by atoms with Crippen LogP contribution >= 0.6 is 0 Å². The molecule has 16 heteroatoms. The third kappa shape index (κ3) is 7.02. The lowest BCUT2D eigenvalue weighted by Crippen LogP contribution is -2.63. The van der Waals surface area contributed by atoms with Gasteiger partial charge in [-0.15, -0.1) is 0 Å². The number of carbonyl (C=O) groups excluding carboxylic acids is 4. The quantitative estimate of drug-likeness (QED) is 0.338. The highest BCUT2D eigenvalue weighted by Gasteiger charge is 2.47. The number of hydrogen-bond acceptors (Lipinski definition) is 8. The van der Waals surface area contributed by atoms with Crippen molar-refractivity contribution in [3.63, 3.8) is 0 Å². The van der Waals surface area contributed by atoms with Crippen LogP contribution in [0.1, 0.15) is 34.3 Å². The molecule has 0 saturated carbocycles. The van der Waals surface area contributed by atoms with E-state index < -0.39 is 77.8 Å². The monoisotopic (exact) mass is 677 g/mol. The number of nitrogens with zero attached hydrogens (tertiary/aromatic N) is 3. The molecule has 12 nitrogen and oxygen atoms in total. The second-order valence-corrected chi connectivity index (χ2v) is 12.6. The Morgan fingerprint density at radius 3 is 2.29 bits per heavy atom. The summed E-state index contributed by atoms with van der Waals surface area (Å²) in [5.41, 5.74) is -0.175. The molecule has 4 saturated heterocycles. The number of hydrogen-bond donors (Lipinski definition) is 4. The Hall–Kier alpha value is -4.12. The van der Waals surface area contributed by atoms with Crippen LogP contribution in [0, 0.1) is 5.82 Å². The fourth-order valence-electron chi connectivity index (χ4n) is 6.84. The van der Waals surface area contributed by atoms with Gasteiger partial charge in [-0.3, -0.25) is 24.1 Å². The number of likely N-dealkylation sites (tertiary alicyclic amines) is 1. The zero-order valence-electron chi connectivity index (χ0n) is 25.6. The molecule has 0 aromatic heterocycles. The molecule has 4 amide bonds. The summed E-state index contributed by atoms with van der Waals surface area (Å²) in [6.45, 7) is -0.199. The highest BCUT2D eigenvalue weighted by Crippen LogP contribution is 2.31. The number of ether oxygens (including phenoxy) is 1. The molecule has 4 aliphatic heterocycles. The molecule has 4 fully saturated rings. The van der Waals surface area contributed by atoms with Gasteiger partial charge >= 0.3 is 6.18 Å². The van der Waals surface area contributed by atoms with E-state index >= 15 is 0 Å². The fourth-order valence-corrected chi connectivity index (χ4v) is 6.84. The zero-order chi connectivity index (χ0) is 34.3. The second-order valence-electron chi connectivity index (χ2n) is 12.6. The Bertz CT molecular complexity index is 1540. The molecule has 4 N–H and O–H groups in total. The van der Waals surface area contributed by atoms with Gasteiger partial charge in [0.25, 0.3) is 5.91 Å². The third-order valence-corrected chi connectivity index (χ3v) is 9.39. The molecule has 48 heavy (non-hydrogen) atoms. The lowest BCUT2D eigenvalue weighted by atomic mass is 10.0. The number of fused-ring (bicyclic) bond motifs is 6. The first-order valence-corrected chi connectivity index (χ1v) is 15.6. The second kappa shape index (κ2) is 13.4. The van der Waals surface area contributed by atoms with Crippen molar-refractivity contribution >= 4 is 23.6 Å². The Morgan fingerprint density at radius 1 is 0.917 bits per heavy atom. The van der Waals surface area contributed by atoms with Gasteiger partial charge in [-0.2, -0.15) is 13.2 Å². The van der Waals surface area contributed by atoms with Crippen LogP contribution in [-0.4, -0.2) is 124 Å². The summed E-state index contributed by atoms with van der Waals surface area (Å²) in [4.78, 5) is 58.8. The zero-order valence-corrected chi connectivity index (χ0v) is 25.6. The van der Waals surface area contributed by atoms with E-state index in [9.17, 15) is 47.0 Å². The molecule has 0 spiro atoms. The van der Waals surface area contributed by atoms with Crippen LogP contribution in [0.15, 0.2) is 48.5 Å². The average Bonchev–Trinajstić information content (AvgIpc) is 3.57. The van der Waals surface area contributed by atoms with Crippen LogP contribution < -0.4 is 10.6 Å². The van der Waals surface area contributed by atoms with E-state index in [1.165, 1.54) is 34.1 Å². The molecule has 0 unspecified atom stereocenters. The molecule has 0 aliphatic carbocycles. The van der Waals surface area contributed by atoms with Crippen LogP contribution in [0.2, 0.25) is 0 Å². The van der Waals surface area contributed by atoms with E-state index in [1.807, 2.05) is 0 Å². The first-order valence-electron chi connectivity index (χ1n) is 15.6. The summed E-state index contributed by atoms with van der Waals surface area (Å²) < 4.78 is 58.8. The number of amides is 4. The Labute approximate surface area is 272 Å². The number of halogens is 4. The van der Waals surface area contributed by atoms with Crippen molar-refractivity contribution in [2.24, 2.45) is 0 Å². The SMILES string of the molecule is O=C1C[C@@H]2O[C@H](CNC(=O)[C@@H]3CN(CCN3C(=O)c3ccc(F)cc3)C(=O)[C@@H]3C[C@@H](CN3Cc3ccc(C(F)(F)F)cc3)N1)[C@@H](O)[C@H]2O. The minimum atomic E-state index is -4.52. The van der Waals surface area contributed by atoms with Gasteiger partial charge in [-0.25, -0.2) is 4.39 Å². The minimum Gasteiger partial charge on any atom is -0.388 e. The molecule has 7 atom stereocenters. The van der Waals surface area contributed by atoms with E-state index in [1.54, 1.807) is 4.90 Å². The van der Waals surface area contributed by atoms with Gasteiger partial charge in [0.1, 0.15) is 30.2 Å². The molecule has 2 aromatic carbocycles. The summed E-state index contributed by atoms with van der Waals surface area (Å²) in [6.07, 6.45) is -9.68. The summed E-state index contributed by atoms with van der Waals surface area (Å²) in [5.74, 6) is -2.65. The smallest absolute Gasteiger partial charge is 0.388 e. The molecule has 258 valence electrons. The van der Waals surface area contributed by atoms with Gasteiger partial charge in [0.05, 0.1) is 30.7 Å². The largest absolute Gasteiger partial charge is 0.416 e. The number of carbonyl (C=O) groups is 4. The first kappa shape index (κ1) is 33.8. The van der Waals surface area contributed by atoms with Crippen molar-refractivity contribution in [2.75, 3.05) is 32.7 Å². The van der Waals surface area contributed by atoms with Gasteiger partial charge in [0.2, 0.25) is 17.7 Å². The van der Waals surface area contributed by atoms with E-state index in [0.29, 0.717) is 5.56 Å². The Kier molecular flexibility index (Phi) is 9.44. The van der Waals surface area contributed by atoms with Crippen LogP contribution in [0.5, 0.6) is 0 Å². The molecule has 4 aliphatic rings. The van der Waals surface area contributed by atoms with Gasteiger partial charge in [0, 0.05) is 44.3 Å². The molecular formula is C32H35F4N5O7. The van der Waals surface area contributed by atoms with Crippen molar-refractivity contribution in [1.82, 2.24) is 25.3 Å². The maximum atomic E-state index is 14.1. The van der Waals surface area contributed by atoms with Crippen LogP contribution in [0.25, 0.3) is 0 Å². The molecule has 6 bridgehead atoms. The van der Waals surface area contributed by atoms with Crippen LogP contribution in [-0.2, 0) is 31.8 Å². The lowest BCUT2D eigenvalue weighted by Gasteiger charge is -2.42. The first-order chi connectivity index (χ1) is 22.8. The molecular weight excluding hydrogens is 642 g/mol. The molecule has 4 heterocycles. The number of alkyl halides is 3. The number of benzene rings is 2. The molecule has 6 rings (SSSR count). The molecule has 0 radical (unpaired) electrons. The number of aliphatic hydroxyl groups excluding tert-OH is 2. The van der Waals surface area contributed by atoms with Crippen LogP contribution in [0.4, 0.5) is 17.6 Å². The lowest BCUT2D eigenvalue weighted by molar-refractivity contribution is -0.141. The Morgan fingerprint density at radius 2 is 1.60 bits per heavy atom. The predicted octanol–water partition coefficient (Wildman–Crippen LogP) is 0.266. The van der Waals surface area contributed by atoms with Crippen molar-refractivity contribution in [1.29, 1.82) is 0 Å². The summed E-state index contributed by atoms with van der Waals surface area (Å²) >= 11 is 0. The topological polar surface area (TPSA) is 152 Å². The highest BCUT2D eigenvalue weighted by atomic mass is 19.4. The van der Waals surface area contributed by atoms with E-state index in [2.05, 4.69) is 10.6 Å². The van der Waals surface area contributed by atoms with E-state index in [-0.39, 0.29) is 63.6 Å². The summed E-state index contributed by atoms with van der Waals surface area (Å²) in [5, 5.41) is 26.7. The maximum Gasteiger partial charge on any atom is 0.416 e. The van der Waals surface area contributed by atoms with Gasteiger partial charge < -0.3 is 35.4 Å². The van der Waals surface area contributed by atoms with Crippen molar-refractivity contribution < 1.29 is 51.7 Å². The van der Waals surface area contributed by atoms with Crippen molar-refractivity contribution in [3.05, 3.63) is 71.0 Å². The maximum absolute atomic E-state index is 14.1. The van der Waals surface area contributed by atoms with Gasteiger partial charge in [-0.05, 0) is 48.4 Å². The highest BCUT2D eigenvalue weighted by molar-refractivity contribution is 5.98. The van der Waals surface area contributed by atoms with E-state index in [0.717, 1.165) is 24.3 Å². The third-order valence-electron chi connectivity index (χ3n) is 9.39. The fraction of sp³-hybridized carbons (Fsp3) is 0.500. The number of rotatable bonds is 3. The number of piperazine rings is 1. The predicted molar refractivity (Wildman–Crippen MR) is 158 cm³/mol. The summed E-state index contributed by atoms with van der Waals surface area (Å²) in [7, 11) is 0. The average molecular weight is 678 g/mol. The number of nitrogens with one attached hydrogen (secondary N) is 2. The van der Waals surface area contributed by atoms with Crippen molar-refractivity contribution in [2.45, 2.75) is 68.1 Å². The summed E-state index contributed by atoms with van der Waals surface area (Å²) in [6, 6.07) is 6.82. The minimum absolute atomic E-state index is 0.0465. The molecule has 2 aromatic rings. The van der Waals surface area contributed by atoms with Crippen molar-refractivity contribution in [3.8, 4) is 0 Å². The van der Waals surface area contributed by atoms with E-state index in [4.69, 9.17) is 4.74 Å². The normalized spacial score (nSPS) is 30.3.